The molecule has 1 saturated heterocycles. The molecule has 2 amide bonds. The Hall–Kier alpha value is -1.26. The van der Waals surface area contributed by atoms with Gasteiger partial charge in [0, 0.05) is 26.2 Å². The molecule has 1 heterocycles. The lowest BCUT2D eigenvalue weighted by molar-refractivity contribution is -0.150. The van der Waals surface area contributed by atoms with Gasteiger partial charge in [0.15, 0.2) is 0 Å². The van der Waals surface area contributed by atoms with Crippen LogP contribution in [0.2, 0.25) is 0 Å². The van der Waals surface area contributed by atoms with Crippen LogP contribution in [0.1, 0.15) is 33.6 Å². The van der Waals surface area contributed by atoms with E-state index in [1.807, 2.05) is 13.8 Å². The van der Waals surface area contributed by atoms with Crippen LogP contribution < -0.4 is 0 Å². The molecule has 0 saturated carbocycles. The summed E-state index contributed by atoms with van der Waals surface area (Å²) in [5.74, 6) is -0.817. The second-order valence-electron chi connectivity index (χ2n) is 5.38. The molecule has 1 aliphatic heterocycles. The van der Waals surface area contributed by atoms with Crippen LogP contribution in [0.3, 0.4) is 0 Å². The van der Waals surface area contributed by atoms with E-state index >= 15 is 0 Å². The summed E-state index contributed by atoms with van der Waals surface area (Å²) in [7, 11) is 1.75. The Bertz CT molecular complexity index is 317. The molecule has 1 aliphatic rings. The summed E-state index contributed by atoms with van der Waals surface area (Å²) in [6, 6.07) is 0.0488. The van der Waals surface area contributed by atoms with Crippen LogP contribution in [0.5, 0.6) is 0 Å². The van der Waals surface area contributed by atoms with Crippen LogP contribution in [0.4, 0.5) is 4.79 Å². The van der Waals surface area contributed by atoms with Gasteiger partial charge in [0.2, 0.25) is 0 Å². The second kappa shape index (κ2) is 4.94. The van der Waals surface area contributed by atoms with Gasteiger partial charge in [0.1, 0.15) is 0 Å². The van der Waals surface area contributed by atoms with Gasteiger partial charge < -0.3 is 14.9 Å². The van der Waals surface area contributed by atoms with Gasteiger partial charge in [-0.1, -0.05) is 0 Å². The molecule has 1 unspecified atom stereocenters. The van der Waals surface area contributed by atoms with Crippen molar-refractivity contribution in [3.8, 4) is 0 Å². The fourth-order valence-electron chi connectivity index (χ4n) is 2.02. The van der Waals surface area contributed by atoms with Gasteiger partial charge >= 0.3 is 12.0 Å². The highest BCUT2D eigenvalue weighted by Crippen LogP contribution is 2.30. The number of piperidine rings is 1. The van der Waals surface area contributed by atoms with E-state index in [0.717, 1.165) is 6.42 Å². The first-order chi connectivity index (χ1) is 7.78. The van der Waals surface area contributed by atoms with E-state index in [9.17, 15) is 14.7 Å². The molecule has 5 heteroatoms. The number of likely N-dealkylation sites (tertiary alicyclic amines) is 1. The Morgan fingerprint density at radius 3 is 2.47 bits per heavy atom. The van der Waals surface area contributed by atoms with Crippen molar-refractivity contribution in [3.05, 3.63) is 0 Å². The molecule has 0 aliphatic carbocycles. The normalized spacial score (nSPS) is 24.9. The maximum Gasteiger partial charge on any atom is 0.320 e. The van der Waals surface area contributed by atoms with E-state index in [0.29, 0.717) is 19.5 Å². The zero-order valence-electron chi connectivity index (χ0n) is 11.1. The predicted molar refractivity (Wildman–Crippen MR) is 64.8 cm³/mol. The fourth-order valence-corrected chi connectivity index (χ4v) is 2.02. The van der Waals surface area contributed by atoms with Crippen molar-refractivity contribution >= 4 is 12.0 Å². The molecule has 0 bridgehead atoms. The third kappa shape index (κ3) is 2.90. The minimum atomic E-state index is -0.817. The molecule has 17 heavy (non-hydrogen) atoms. The highest BCUT2D eigenvalue weighted by molar-refractivity contribution is 5.78. The molecule has 1 rings (SSSR count). The third-order valence-corrected chi connectivity index (χ3v) is 3.56. The molecule has 0 spiro atoms. The van der Waals surface area contributed by atoms with Gasteiger partial charge in [-0.2, -0.15) is 0 Å². The smallest absolute Gasteiger partial charge is 0.320 e. The van der Waals surface area contributed by atoms with Gasteiger partial charge in [-0.3, -0.25) is 4.79 Å². The second-order valence-corrected chi connectivity index (χ2v) is 5.38. The Labute approximate surface area is 102 Å². The lowest BCUT2D eigenvalue weighted by atomic mass is 9.82. The number of carbonyl (C=O) groups is 2. The van der Waals surface area contributed by atoms with Crippen LogP contribution >= 0.6 is 0 Å². The molecule has 1 fully saturated rings. The summed E-state index contributed by atoms with van der Waals surface area (Å²) < 4.78 is 0. The lowest BCUT2D eigenvalue weighted by Crippen LogP contribution is -2.52. The van der Waals surface area contributed by atoms with Crippen molar-refractivity contribution in [2.75, 3.05) is 20.1 Å². The number of urea groups is 1. The van der Waals surface area contributed by atoms with Gasteiger partial charge in [-0.15, -0.1) is 0 Å². The molecule has 0 aromatic rings. The summed E-state index contributed by atoms with van der Waals surface area (Å²) in [4.78, 5) is 26.6. The summed E-state index contributed by atoms with van der Waals surface area (Å²) >= 11 is 0. The van der Waals surface area contributed by atoms with Crippen molar-refractivity contribution in [3.63, 3.8) is 0 Å². The van der Waals surface area contributed by atoms with Crippen molar-refractivity contribution in [1.29, 1.82) is 0 Å². The SMILES string of the molecule is CC(C)N(C)C(=O)N1CCCC(C)(C(=O)O)C1. The first-order valence-corrected chi connectivity index (χ1v) is 6.03. The van der Waals surface area contributed by atoms with Crippen molar-refractivity contribution in [2.24, 2.45) is 5.41 Å². The van der Waals surface area contributed by atoms with Crippen molar-refractivity contribution in [2.45, 2.75) is 39.7 Å². The Kier molecular flexibility index (Phi) is 4.01. The van der Waals surface area contributed by atoms with E-state index in [4.69, 9.17) is 0 Å². The monoisotopic (exact) mass is 242 g/mol. The third-order valence-electron chi connectivity index (χ3n) is 3.56. The summed E-state index contributed by atoms with van der Waals surface area (Å²) in [5.41, 5.74) is -0.800. The average Bonchev–Trinajstić information content (AvgIpc) is 2.26. The maximum absolute atomic E-state index is 12.1. The fraction of sp³-hybridized carbons (Fsp3) is 0.833. The number of nitrogens with zero attached hydrogens (tertiary/aromatic N) is 2. The molecular weight excluding hydrogens is 220 g/mol. The van der Waals surface area contributed by atoms with E-state index in [1.54, 1.807) is 23.8 Å². The number of hydrogen-bond donors (Lipinski definition) is 1. The number of amides is 2. The highest BCUT2D eigenvalue weighted by atomic mass is 16.4. The van der Waals surface area contributed by atoms with Gasteiger partial charge in [-0.05, 0) is 33.6 Å². The molecule has 0 radical (unpaired) electrons. The zero-order valence-corrected chi connectivity index (χ0v) is 11.1. The number of rotatable bonds is 2. The molecule has 0 aromatic carbocycles. The number of hydrogen-bond acceptors (Lipinski definition) is 2. The van der Waals surface area contributed by atoms with Crippen LogP contribution in [0.25, 0.3) is 0 Å². The minimum Gasteiger partial charge on any atom is -0.481 e. The first kappa shape index (κ1) is 13.8. The molecular formula is C12H22N2O3. The van der Waals surface area contributed by atoms with Gasteiger partial charge in [0.05, 0.1) is 5.41 Å². The van der Waals surface area contributed by atoms with Crippen LogP contribution in [0.15, 0.2) is 0 Å². The zero-order chi connectivity index (χ0) is 13.2. The first-order valence-electron chi connectivity index (χ1n) is 6.03. The molecule has 1 N–H and O–H groups in total. The van der Waals surface area contributed by atoms with Crippen molar-refractivity contribution < 1.29 is 14.7 Å². The summed E-state index contributed by atoms with van der Waals surface area (Å²) in [5, 5.41) is 9.19. The predicted octanol–water partition coefficient (Wildman–Crippen LogP) is 1.63. The number of carboxylic acids is 1. The number of aliphatic carboxylic acids is 1. The highest BCUT2D eigenvalue weighted by Gasteiger charge is 2.40. The molecule has 98 valence electrons. The molecule has 0 aromatic heterocycles. The lowest BCUT2D eigenvalue weighted by Gasteiger charge is -2.39. The topological polar surface area (TPSA) is 60.9 Å². The largest absolute Gasteiger partial charge is 0.481 e. The van der Waals surface area contributed by atoms with E-state index < -0.39 is 11.4 Å². The summed E-state index contributed by atoms with van der Waals surface area (Å²) in [6.45, 7) is 6.55. The van der Waals surface area contributed by atoms with Gasteiger partial charge in [-0.25, -0.2) is 4.79 Å². The number of carbonyl (C=O) groups excluding carboxylic acids is 1. The minimum absolute atomic E-state index is 0.0767. The quantitative estimate of drug-likeness (QED) is 0.800. The van der Waals surface area contributed by atoms with Crippen LogP contribution in [0, 0.1) is 5.41 Å². The molecule has 5 nitrogen and oxygen atoms in total. The summed E-state index contributed by atoms with van der Waals surface area (Å²) in [6.07, 6.45) is 1.39. The average molecular weight is 242 g/mol. The van der Waals surface area contributed by atoms with Crippen molar-refractivity contribution in [1.82, 2.24) is 9.80 Å². The Balaban J connectivity index is 2.73. The Morgan fingerprint density at radius 2 is 2.00 bits per heavy atom. The van der Waals surface area contributed by atoms with E-state index in [-0.39, 0.29) is 12.1 Å². The van der Waals surface area contributed by atoms with Crippen LogP contribution in [-0.2, 0) is 4.79 Å². The van der Waals surface area contributed by atoms with Crippen LogP contribution in [-0.4, -0.2) is 53.1 Å². The Morgan fingerprint density at radius 1 is 1.41 bits per heavy atom. The van der Waals surface area contributed by atoms with E-state index in [2.05, 4.69) is 0 Å². The standard InChI is InChI=1S/C12H22N2O3/c1-9(2)13(4)11(17)14-7-5-6-12(3,8-14)10(15)16/h9H,5-8H2,1-4H3,(H,15,16). The maximum atomic E-state index is 12.1. The van der Waals surface area contributed by atoms with E-state index in [1.165, 1.54) is 0 Å². The number of carboxylic acid groups (broad SMARTS) is 1. The van der Waals surface area contributed by atoms with Gasteiger partial charge in [0.25, 0.3) is 0 Å². The molecule has 1 atom stereocenters.